The van der Waals surface area contributed by atoms with E-state index in [0.29, 0.717) is 75.9 Å². The molecule has 18 heteroatoms. The Morgan fingerprint density at radius 1 is 0.810 bits per heavy atom. The number of anilines is 1. The SMILES string of the molecule is CO[C@@H]1C[C@H](C[C@@H](C)[C@@H]2CC(=O)[C@H](C)/C=C(\C)[C@@H](O)[C@@H](OC)C(=O)[C@H](C)C[C@H](C)/C=C/C=C/C=C(\C)C(OCCOC3CCN(c4ncccn4)CC3)C[C@@H]3CC[C@@H](C)[C@@](O)(O3)C(=O)C(=O)N3CCCC[C@H]3C(=O)O2)CC[C@H]1O. The molecule has 5 heterocycles. The molecule has 1 amide bonds. The van der Waals surface area contributed by atoms with Crippen LogP contribution in [-0.4, -0.2) is 167 Å². The van der Waals surface area contributed by atoms with E-state index in [1.165, 1.54) is 12.0 Å². The van der Waals surface area contributed by atoms with Crippen molar-refractivity contribution < 1.29 is 67.7 Å². The Bertz CT molecular complexity index is 2280. The second-order valence-corrected chi connectivity index (χ2v) is 23.3. The highest BCUT2D eigenvalue weighted by Crippen LogP contribution is 2.38. The van der Waals surface area contributed by atoms with E-state index in [9.17, 15) is 39.3 Å². The fourth-order valence-corrected chi connectivity index (χ4v) is 12.1. The molecule has 4 aliphatic heterocycles. The number of fused-ring (bicyclic) bond motifs is 3. The third-order valence-corrected chi connectivity index (χ3v) is 17.2. The molecule has 3 saturated heterocycles. The number of aliphatic hydroxyl groups is 3. The topological polar surface area (TPSA) is 234 Å². The molecule has 0 spiro atoms. The number of ketones is 3. The van der Waals surface area contributed by atoms with E-state index < -0.39 is 83.9 Å². The van der Waals surface area contributed by atoms with Crippen LogP contribution in [0.1, 0.15) is 138 Å². The number of esters is 1. The smallest absolute Gasteiger partial charge is 0.329 e. The van der Waals surface area contributed by atoms with E-state index in [-0.39, 0.29) is 73.9 Å². The highest BCUT2D eigenvalue weighted by Gasteiger charge is 2.53. The monoisotopic (exact) mass is 1100 g/mol. The first-order chi connectivity index (χ1) is 37.7. The van der Waals surface area contributed by atoms with Crippen molar-refractivity contribution in [3.8, 4) is 0 Å². The van der Waals surface area contributed by atoms with Crippen LogP contribution >= 0.6 is 0 Å². The van der Waals surface area contributed by atoms with Crippen LogP contribution in [0.15, 0.2) is 66.1 Å². The summed E-state index contributed by atoms with van der Waals surface area (Å²) in [4.78, 5) is 83.9. The van der Waals surface area contributed by atoms with Crippen molar-refractivity contribution in [2.24, 2.45) is 35.5 Å². The van der Waals surface area contributed by atoms with E-state index in [1.807, 2.05) is 58.1 Å². The van der Waals surface area contributed by atoms with Crippen LogP contribution in [-0.2, 0) is 52.4 Å². The summed E-state index contributed by atoms with van der Waals surface area (Å²) in [6.45, 7) is 14.9. The van der Waals surface area contributed by atoms with Crippen molar-refractivity contribution in [2.75, 3.05) is 52.0 Å². The summed E-state index contributed by atoms with van der Waals surface area (Å²) >= 11 is 0. The van der Waals surface area contributed by atoms with Crippen LogP contribution in [0.3, 0.4) is 0 Å². The number of Topliss-reactive ketones (excluding diaryl/α,β-unsaturated/α-hetero) is 3. The van der Waals surface area contributed by atoms with Crippen molar-refractivity contribution >= 4 is 35.2 Å². The van der Waals surface area contributed by atoms with Crippen LogP contribution in [0, 0.1) is 35.5 Å². The molecule has 1 unspecified atom stereocenters. The van der Waals surface area contributed by atoms with Gasteiger partial charge in [0.25, 0.3) is 11.7 Å². The Kier molecular flexibility index (Phi) is 24.6. The maximum atomic E-state index is 14.6. The van der Waals surface area contributed by atoms with Gasteiger partial charge in [0.05, 0.1) is 43.7 Å². The van der Waals surface area contributed by atoms with Gasteiger partial charge in [-0.05, 0) is 126 Å². The lowest BCUT2D eigenvalue weighted by Crippen LogP contribution is -2.61. The molecule has 18 nitrogen and oxygen atoms in total. The number of amides is 1. The summed E-state index contributed by atoms with van der Waals surface area (Å²) in [6.07, 6.45) is 15.9. The minimum Gasteiger partial charge on any atom is -0.460 e. The van der Waals surface area contributed by atoms with Crippen molar-refractivity contribution in [1.29, 1.82) is 0 Å². The van der Waals surface area contributed by atoms with Crippen LogP contribution in [0.2, 0.25) is 0 Å². The Morgan fingerprint density at radius 2 is 1.53 bits per heavy atom. The van der Waals surface area contributed by atoms with Crippen molar-refractivity contribution in [1.82, 2.24) is 14.9 Å². The number of hydrogen-bond acceptors (Lipinski definition) is 17. The highest BCUT2D eigenvalue weighted by atomic mass is 16.6. The lowest BCUT2D eigenvalue weighted by atomic mass is 9.78. The van der Waals surface area contributed by atoms with Gasteiger partial charge in [0.15, 0.2) is 5.78 Å². The molecule has 1 saturated carbocycles. The number of aliphatic hydroxyl groups excluding tert-OH is 2. The van der Waals surface area contributed by atoms with E-state index in [0.717, 1.165) is 31.5 Å². The van der Waals surface area contributed by atoms with E-state index in [1.54, 1.807) is 52.4 Å². The van der Waals surface area contributed by atoms with Gasteiger partial charge >= 0.3 is 5.97 Å². The first-order valence-corrected chi connectivity index (χ1v) is 29.1. The lowest BCUT2D eigenvalue weighted by molar-refractivity contribution is -0.266. The summed E-state index contributed by atoms with van der Waals surface area (Å²) < 4.78 is 36.7. The second-order valence-electron chi connectivity index (χ2n) is 23.3. The van der Waals surface area contributed by atoms with Gasteiger partial charge in [-0.3, -0.25) is 19.2 Å². The number of methoxy groups -OCH3 is 2. The number of cyclic esters (lactones) is 1. The van der Waals surface area contributed by atoms with Gasteiger partial charge in [0.2, 0.25) is 11.7 Å². The minimum absolute atomic E-state index is 0.0147. The summed E-state index contributed by atoms with van der Waals surface area (Å²) in [5, 5.41) is 34.4. The van der Waals surface area contributed by atoms with Gasteiger partial charge in [-0.15, -0.1) is 0 Å². The van der Waals surface area contributed by atoms with Crippen molar-refractivity contribution in [2.45, 2.75) is 199 Å². The molecule has 4 fully saturated rings. The summed E-state index contributed by atoms with van der Waals surface area (Å²) in [5.41, 5.74) is 1.23. The van der Waals surface area contributed by atoms with Gasteiger partial charge in [0.1, 0.15) is 30.1 Å². The number of nitrogens with zero attached hydrogens (tertiary/aromatic N) is 4. The predicted octanol–water partition coefficient (Wildman–Crippen LogP) is 7.03. The van der Waals surface area contributed by atoms with Gasteiger partial charge in [-0.1, -0.05) is 71.1 Å². The van der Waals surface area contributed by atoms with Crippen LogP contribution < -0.4 is 4.90 Å². The van der Waals surface area contributed by atoms with Crippen LogP contribution in [0.5, 0.6) is 0 Å². The fourth-order valence-electron chi connectivity index (χ4n) is 12.1. The molecule has 1 aromatic heterocycles. The van der Waals surface area contributed by atoms with E-state index in [2.05, 4.69) is 14.9 Å². The quantitative estimate of drug-likeness (QED) is 0.0874. The molecule has 2 bridgehead atoms. The Balaban J connectivity index is 1.25. The van der Waals surface area contributed by atoms with Crippen molar-refractivity contribution in [3.05, 3.63) is 66.1 Å². The molecule has 5 aliphatic rings. The number of carbonyl (C=O) groups is 5. The normalized spacial score (nSPS) is 36.8. The van der Waals surface area contributed by atoms with Gasteiger partial charge < -0.3 is 53.5 Å². The largest absolute Gasteiger partial charge is 0.460 e. The number of rotatable bonds is 11. The number of aromatic nitrogens is 2. The number of carbonyl (C=O) groups excluding carboxylic acids is 5. The molecular formula is C61H92N4O14. The predicted molar refractivity (Wildman–Crippen MR) is 297 cm³/mol. The first-order valence-electron chi connectivity index (χ1n) is 29.1. The number of ether oxygens (including phenoxy) is 6. The first kappa shape index (κ1) is 63.6. The molecule has 0 radical (unpaired) electrons. The molecule has 0 aromatic carbocycles. The zero-order chi connectivity index (χ0) is 57.4. The Hall–Kier alpha value is -4.53. The van der Waals surface area contributed by atoms with Crippen molar-refractivity contribution in [3.63, 3.8) is 0 Å². The molecule has 440 valence electrons. The zero-order valence-electron chi connectivity index (χ0n) is 48.4. The Labute approximate surface area is 468 Å². The summed E-state index contributed by atoms with van der Waals surface area (Å²) in [7, 11) is 2.95. The Morgan fingerprint density at radius 3 is 2.24 bits per heavy atom. The molecule has 3 N–H and O–H groups in total. The molecular weight excluding hydrogens is 1010 g/mol. The summed E-state index contributed by atoms with van der Waals surface area (Å²) in [6, 6.07) is 0.626. The maximum absolute atomic E-state index is 14.6. The molecule has 1 aliphatic carbocycles. The van der Waals surface area contributed by atoms with E-state index >= 15 is 0 Å². The highest BCUT2D eigenvalue weighted by molar-refractivity contribution is 6.39. The van der Waals surface area contributed by atoms with Gasteiger partial charge in [0, 0.05) is 76.8 Å². The standard InChI is InChI=1S/C61H92N4O14/c1-38-16-11-10-12-17-39(2)51(77-31-30-76-46-23-28-64(29-24-46)60-62-25-15-26-63-60)36-47-21-19-44(7)61(73,79-47)57(70)58(71)65-27-14-13-18-48(65)59(72)78-52(41(4)34-45-20-22-49(66)53(35-45)74-8)37-50(67)40(3)33-43(6)55(69)56(75-9)54(68)42(5)32-38/h10-12,15-17,25-26,33,38,40-42,44-49,51-53,55-56,66,69,73H,13-14,18-24,27-32,34-37H2,1-9H3/b12-10+,16-11+,39-17+,43-33+/t38-,40-,41-,42-,44-,45+,47+,48+,49-,51?,52+,53-,55-,56+,61-/m1/s1. The van der Waals surface area contributed by atoms with Gasteiger partial charge in [-0.25, -0.2) is 14.8 Å². The lowest BCUT2D eigenvalue weighted by Gasteiger charge is -2.43. The van der Waals surface area contributed by atoms with Gasteiger partial charge in [-0.2, -0.15) is 0 Å². The third kappa shape index (κ3) is 17.5. The maximum Gasteiger partial charge on any atom is 0.329 e. The average molecular weight is 1110 g/mol. The number of piperidine rings is 2. The molecule has 79 heavy (non-hydrogen) atoms. The van der Waals surface area contributed by atoms with Crippen LogP contribution in [0.4, 0.5) is 5.95 Å². The molecule has 15 atom stereocenters. The van der Waals surface area contributed by atoms with Crippen LogP contribution in [0.25, 0.3) is 0 Å². The number of hydrogen-bond donors (Lipinski definition) is 3. The molecule has 1 aromatic rings. The third-order valence-electron chi connectivity index (χ3n) is 17.2. The minimum atomic E-state index is -2.49. The average Bonchev–Trinajstić information content (AvgIpc) is 3.50. The number of allylic oxidation sites excluding steroid dienone is 6. The molecule has 6 rings (SSSR count). The van der Waals surface area contributed by atoms with E-state index in [4.69, 9.17) is 28.4 Å². The summed E-state index contributed by atoms with van der Waals surface area (Å²) in [5.74, 6) is -7.54. The second kappa shape index (κ2) is 30.5. The fraction of sp³-hybridized carbons (Fsp3) is 0.721. The zero-order valence-corrected chi connectivity index (χ0v) is 48.4.